The normalized spacial score (nSPS) is 12.6. The van der Waals surface area contributed by atoms with Gasteiger partial charge in [-0.25, -0.2) is 0 Å². The van der Waals surface area contributed by atoms with Crippen molar-refractivity contribution in [1.82, 2.24) is 0 Å². The van der Waals surface area contributed by atoms with Crippen molar-refractivity contribution in [2.75, 3.05) is 34.3 Å². The predicted molar refractivity (Wildman–Crippen MR) is 124 cm³/mol. The molecular formula is C25H50NO4+. The summed E-state index contributed by atoms with van der Waals surface area (Å²) in [4.78, 5) is 24.2. The summed E-state index contributed by atoms with van der Waals surface area (Å²) >= 11 is 0. The van der Waals surface area contributed by atoms with Crippen LogP contribution in [0, 0.1) is 0 Å². The Hall–Kier alpha value is -1.10. The number of hydrogen-bond donors (Lipinski definition) is 0. The van der Waals surface area contributed by atoms with Gasteiger partial charge in [0.25, 0.3) is 0 Å². The minimum absolute atomic E-state index is 0.144. The molecule has 0 heterocycles. The van der Waals surface area contributed by atoms with Crippen molar-refractivity contribution in [2.24, 2.45) is 0 Å². The van der Waals surface area contributed by atoms with Gasteiger partial charge in [0.1, 0.15) is 6.54 Å². The Morgan fingerprint density at radius 1 is 0.700 bits per heavy atom. The number of quaternary nitrogens is 1. The van der Waals surface area contributed by atoms with Gasteiger partial charge in [-0.15, -0.1) is 0 Å². The highest BCUT2D eigenvalue weighted by molar-refractivity contribution is 5.72. The van der Waals surface area contributed by atoms with Gasteiger partial charge in [0.15, 0.2) is 6.10 Å². The Labute approximate surface area is 186 Å². The number of carbonyl (C=O) groups excluding carboxylic acids is 2. The summed E-state index contributed by atoms with van der Waals surface area (Å²) in [5, 5.41) is 0. The van der Waals surface area contributed by atoms with Gasteiger partial charge in [-0.3, -0.25) is 9.59 Å². The summed E-state index contributed by atoms with van der Waals surface area (Å²) in [6.45, 7) is 5.37. The third-order valence-corrected chi connectivity index (χ3v) is 5.19. The lowest BCUT2D eigenvalue weighted by Crippen LogP contribution is -2.44. The van der Waals surface area contributed by atoms with E-state index in [1.165, 1.54) is 57.8 Å². The molecule has 30 heavy (non-hydrogen) atoms. The van der Waals surface area contributed by atoms with Crippen LogP contribution in [0.25, 0.3) is 0 Å². The topological polar surface area (TPSA) is 52.6 Å². The number of esters is 2. The molecule has 5 heteroatoms. The van der Waals surface area contributed by atoms with Crippen molar-refractivity contribution in [1.29, 1.82) is 0 Å². The molecule has 0 spiro atoms. The Morgan fingerprint density at radius 3 is 1.70 bits per heavy atom. The first-order chi connectivity index (χ1) is 14.3. The molecule has 178 valence electrons. The maximum atomic E-state index is 12.2. The van der Waals surface area contributed by atoms with E-state index in [0.29, 0.717) is 24.1 Å². The van der Waals surface area contributed by atoms with Crippen LogP contribution in [0.2, 0.25) is 0 Å². The second-order valence-electron chi connectivity index (χ2n) is 9.65. The lowest BCUT2D eigenvalue weighted by molar-refractivity contribution is -0.873. The fourth-order valence-electron chi connectivity index (χ4n) is 3.52. The SMILES string of the molecule is CCCCCCCCCCCCCOC(=O)C[C@@H](C[N+](C)(C)C)OC(=O)CCCC. The fraction of sp³-hybridized carbons (Fsp3) is 0.920. The molecule has 0 aromatic rings. The average molecular weight is 429 g/mol. The average Bonchev–Trinajstić information content (AvgIpc) is 2.65. The number of carbonyl (C=O) groups is 2. The third kappa shape index (κ3) is 20.2. The molecule has 0 aromatic carbocycles. The van der Waals surface area contributed by atoms with E-state index in [2.05, 4.69) is 6.92 Å². The molecule has 1 atom stereocenters. The van der Waals surface area contributed by atoms with Gasteiger partial charge in [-0.05, 0) is 12.8 Å². The van der Waals surface area contributed by atoms with Gasteiger partial charge in [-0.2, -0.15) is 0 Å². The maximum Gasteiger partial charge on any atom is 0.309 e. The number of rotatable bonds is 20. The van der Waals surface area contributed by atoms with Crippen LogP contribution >= 0.6 is 0 Å². The summed E-state index contributed by atoms with van der Waals surface area (Å²) in [5.41, 5.74) is 0. The smallest absolute Gasteiger partial charge is 0.309 e. The first kappa shape index (κ1) is 28.9. The van der Waals surface area contributed by atoms with Crippen molar-refractivity contribution < 1.29 is 23.5 Å². The summed E-state index contributed by atoms with van der Waals surface area (Å²) in [7, 11) is 6.09. The standard InChI is InChI=1S/C25H50NO4/c1-6-8-10-11-12-13-14-15-16-17-18-20-29-25(28)21-23(22-26(3,4)5)30-24(27)19-9-7-2/h23H,6-22H2,1-5H3/q+1/t23-/m0/s1. The molecule has 0 fully saturated rings. The molecule has 0 unspecified atom stereocenters. The van der Waals surface area contributed by atoms with Crippen LogP contribution in [-0.2, 0) is 19.1 Å². The molecule has 0 aromatic heterocycles. The number of hydrogen-bond acceptors (Lipinski definition) is 4. The first-order valence-electron chi connectivity index (χ1n) is 12.4. The van der Waals surface area contributed by atoms with E-state index in [0.717, 1.165) is 25.7 Å². The first-order valence-corrected chi connectivity index (χ1v) is 12.4. The summed E-state index contributed by atoms with van der Waals surface area (Å²) < 4.78 is 11.6. The van der Waals surface area contributed by atoms with Crippen LogP contribution in [0.15, 0.2) is 0 Å². The number of unbranched alkanes of at least 4 members (excludes halogenated alkanes) is 11. The molecule has 0 rings (SSSR count). The molecule has 0 saturated heterocycles. The molecule has 0 aliphatic carbocycles. The molecular weight excluding hydrogens is 378 g/mol. The summed E-state index contributed by atoms with van der Waals surface area (Å²) in [6.07, 6.45) is 15.9. The minimum Gasteiger partial charge on any atom is -0.466 e. The lowest BCUT2D eigenvalue weighted by atomic mass is 10.1. The van der Waals surface area contributed by atoms with Crippen LogP contribution in [0.3, 0.4) is 0 Å². The Bertz CT molecular complexity index is 431. The number of nitrogens with zero attached hydrogens (tertiary/aromatic N) is 1. The molecule has 0 amide bonds. The molecule has 0 bridgehead atoms. The van der Waals surface area contributed by atoms with Gasteiger partial charge >= 0.3 is 11.9 Å². The van der Waals surface area contributed by atoms with Gasteiger partial charge in [0, 0.05) is 6.42 Å². The van der Waals surface area contributed by atoms with Crippen molar-refractivity contribution in [3.63, 3.8) is 0 Å². The van der Waals surface area contributed by atoms with E-state index in [9.17, 15) is 9.59 Å². The van der Waals surface area contributed by atoms with Crippen LogP contribution in [0.5, 0.6) is 0 Å². The van der Waals surface area contributed by atoms with Gasteiger partial charge in [-0.1, -0.05) is 84.5 Å². The maximum absolute atomic E-state index is 12.2. The summed E-state index contributed by atoms with van der Waals surface area (Å²) in [6, 6.07) is 0. The quantitative estimate of drug-likeness (QED) is 0.135. The van der Waals surface area contributed by atoms with E-state index in [1.54, 1.807) is 0 Å². The Kier molecular flexibility index (Phi) is 18.0. The van der Waals surface area contributed by atoms with E-state index in [-0.39, 0.29) is 18.4 Å². The highest BCUT2D eigenvalue weighted by Gasteiger charge is 2.25. The number of ether oxygens (including phenoxy) is 2. The molecule has 0 radical (unpaired) electrons. The Morgan fingerprint density at radius 2 is 1.20 bits per heavy atom. The third-order valence-electron chi connectivity index (χ3n) is 5.19. The van der Waals surface area contributed by atoms with Crippen LogP contribution in [0.1, 0.15) is 110 Å². The highest BCUT2D eigenvalue weighted by atomic mass is 16.6. The lowest BCUT2D eigenvalue weighted by Gasteiger charge is -2.28. The van der Waals surface area contributed by atoms with Crippen molar-refractivity contribution in [2.45, 2.75) is 116 Å². The largest absolute Gasteiger partial charge is 0.466 e. The molecule has 0 N–H and O–H groups in total. The molecule has 0 aliphatic rings. The zero-order valence-corrected chi connectivity index (χ0v) is 20.7. The predicted octanol–water partition coefficient (Wildman–Crippen LogP) is 6.04. The van der Waals surface area contributed by atoms with Gasteiger partial charge in [0.05, 0.1) is 34.2 Å². The molecule has 5 nitrogen and oxygen atoms in total. The zero-order chi connectivity index (χ0) is 22.7. The monoisotopic (exact) mass is 428 g/mol. The summed E-state index contributed by atoms with van der Waals surface area (Å²) in [5.74, 6) is -0.475. The van der Waals surface area contributed by atoms with E-state index in [4.69, 9.17) is 9.47 Å². The van der Waals surface area contributed by atoms with E-state index < -0.39 is 6.10 Å². The van der Waals surface area contributed by atoms with Gasteiger partial charge < -0.3 is 14.0 Å². The zero-order valence-electron chi connectivity index (χ0n) is 20.7. The second kappa shape index (κ2) is 18.7. The number of likely N-dealkylation sites (N-methyl/N-ethyl adjacent to an activating group) is 1. The van der Waals surface area contributed by atoms with Crippen LogP contribution < -0.4 is 0 Å². The van der Waals surface area contributed by atoms with E-state index in [1.807, 2.05) is 28.1 Å². The Balaban J connectivity index is 3.88. The molecule has 0 saturated carbocycles. The fourth-order valence-corrected chi connectivity index (χ4v) is 3.52. The van der Waals surface area contributed by atoms with Crippen LogP contribution in [-0.4, -0.2) is 56.8 Å². The van der Waals surface area contributed by atoms with Crippen molar-refractivity contribution in [3.8, 4) is 0 Å². The second-order valence-corrected chi connectivity index (χ2v) is 9.65. The van der Waals surface area contributed by atoms with Crippen LogP contribution in [0.4, 0.5) is 0 Å². The van der Waals surface area contributed by atoms with Gasteiger partial charge in [0.2, 0.25) is 0 Å². The highest BCUT2D eigenvalue weighted by Crippen LogP contribution is 2.12. The van der Waals surface area contributed by atoms with Crippen molar-refractivity contribution in [3.05, 3.63) is 0 Å². The van der Waals surface area contributed by atoms with Crippen molar-refractivity contribution >= 4 is 11.9 Å². The molecule has 0 aliphatic heterocycles. The minimum atomic E-state index is -0.417. The van der Waals surface area contributed by atoms with E-state index >= 15 is 0 Å².